The van der Waals surface area contributed by atoms with Crippen molar-refractivity contribution in [3.8, 4) is 11.1 Å². The number of aromatic nitrogens is 2. The lowest BCUT2D eigenvalue weighted by molar-refractivity contribution is 0.200. The fraction of sp³-hybridized carbons (Fsp3) is 0.318. The SMILES string of the molecule is CNc1cc2ncc(-c3cc(NC(=O)NCCC(C)(C)F)c(F)cc3C)cc2cn1. The van der Waals surface area contributed by atoms with Crippen molar-refractivity contribution in [3.63, 3.8) is 0 Å². The third-order valence-electron chi connectivity index (χ3n) is 4.70. The van der Waals surface area contributed by atoms with Gasteiger partial charge in [-0.25, -0.2) is 18.6 Å². The van der Waals surface area contributed by atoms with Gasteiger partial charge in [0.1, 0.15) is 17.3 Å². The van der Waals surface area contributed by atoms with Gasteiger partial charge in [0.25, 0.3) is 0 Å². The lowest BCUT2D eigenvalue weighted by atomic mass is 10.00. The van der Waals surface area contributed by atoms with Crippen molar-refractivity contribution in [2.24, 2.45) is 0 Å². The summed E-state index contributed by atoms with van der Waals surface area (Å²) >= 11 is 0. The molecule has 3 N–H and O–H groups in total. The molecule has 0 saturated carbocycles. The zero-order chi connectivity index (χ0) is 21.9. The number of urea groups is 1. The van der Waals surface area contributed by atoms with Crippen LogP contribution in [0.15, 0.2) is 36.7 Å². The number of carbonyl (C=O) groups is 1. The van der Waals surface area contributed by atoms with E-state index in [-0.39, 0.29) is 18.7 Å². The van der Waals surface area contributed by atoms with Crippen LogP contribution < -0.4 is 16.0 Å². The molecular weight excluding hydrogens is 388 g/mol. The van der Waals surface area contributed by atoms with Crippen molar-refractivity contribution in [1.29, 1.82) is 0 Å². The number of anilines is 2. The first-order chi connectivity index (χ1) is 14.2. The molecule has 2 heterocycles. The van der Waals surface area contributed by atoms with E-state index in [0.717, 1.165) is 22.0 Å². The number of halogens is 2. The van der Waals surface area contributed by atoms with Gasteiger partial charge in [0, 0.05) is 43.0 Å². The summed E-state index contributed by atoms with van der Waals surface area (Å²) in [7, 11) is 1.79. The Labute approximate surface area is 174 Å². The minimum atomic E-state index is -1.39. The fourth-order valence-corrected chi connectivity index (χ4v) is 3.03. The predicted octanol–water partition coefficient (Wildman–Crippen LogP) is 5.05. The highest BCUT2D eigenvalue weighted by Crippen LogP contribution is 2.30. The lowest BCUT2D eigenvalue weighted by Crippen LogP contribution is -2.32. The average Bonchev–Trinajstić information content (AvgIpc) is 2.68. The summed E-state index contributed by atoms with van der Waals surface area (Å²) in [5.74, 6) is 0.167. The van der Waals surface area contributed by atoms with Crippen LogP contribution in [0.4, 0.5) is 25.1 Å². The van der Waals surface area contributed by atoms with Crippen LogP contribution in [-0.4, -0.2) is 35.3 Å². The molecule has 0 aliphatic carbocycles. The van der Waals surface area contributed by atoms with Gasteiger partial charge in [0.15, 0.2) is 0 Å². The normalized spacial score (nSPS) is 11.4. The summed E-state index contributed by atoms with van der Waals surface area (Å²) in [4.78, 5) is 20.9. The number of hydrogen-bond acceptors (Lipinski definition) is 4. The van der Waals surface area contributed by atoms with E-state index in [1.165, 1.54) is 19.9 Å². The molecule has 30 heavy (non-hydrogen) atoms. The molecule has 0 aliphatic heterocycles. The van der Waals surface area contributed by atoms with Crippen LogP contribution in [0.2, 0.25) is 0 Å². The number of nitrogens with one attached hydrogen (secondary N) is 3. The van der Waals surface area contributed by atoms with E-state index in [2.05, 4.69) is 25.9 Å². The Hall–Kier alpha value is -3.29. The van der Waals surface area contributed by atoms with Crippen LogP contribution in [-0.2, 0) is 0 Å². The van der Waals surface area contributed by atoms with Crippen LogP contribution in [0.25, 0.3) is 22.0 Å². The maximum atomic E-state index is 14.4. The van der Waals surface area contributed by atoms with Gasteiger partial charge < -0.3 is 16.0 Å². The topological polar surface area (TPSA) is 78.9 Å². The molecule has 2 amide bonds. The Morgan fingerprint density at radius 3 is 2.60 bits per heavy atom. The van der Waals surface area contributed by atoms with Gasteiger partial charge in [-0.1, -0.05) is 0 Å². The van der Waals surface area contributed by atoms with Crippen molar-refractivity contribution in [1.82, 2.24) is 15.3 Å². The second-order valence-corrected chi connectivity index (χ2v) is 7.73. The zero-order valence-electron chi connectivity index (χ0n) is 17.4. The van der Waals surface area contributed by atoms with E-state index in [0.29, 0.717) is 11.4 Å². The zero-order valence-corrected chi connectivity index (χ0v) is 17.4. The van der Waals surface area contributed by atoms with Gasteiger partial charge in [-0.3, -0.25) is 4.98 Å². The first-order valence-corrected chi connectivity index (χ1v) is 9.64. The largest absolute Gasteiger partial charge is 0.373 e. The molecule has 0 bridgehead atoms. The molecule has 0 saturated heterocycles. The lowest BCUT2D eigenvalue weighted by Gasteiger charge is -2.15. The van der Waals surface area contributed by atoms with Crippen molar-refractivity contribution >= 4 is 28.4 Å². The quantitative estimate of drug-likeness (QED) is 0.529. The van der Waals surface area contributed by atoms with Crippen molar-refractivity contribution in [2.75, 3.05) is 24.2 Å². The van der Waals surface area contributed by atoms with Crippen LogP contribution in [0.5, 0.6) is 0 Å². The van der Waals surface area contributed by atoms with E-state index < -0.39 is 17.5 Å². The first-order valence-electron chi connectivity index (χ1n) is 9.64. The van der Waals surface area contributed by atoms with Gasteiger partial charge in [-0.15, -0.1) is 0 Å². The number of amides is 2. The van der Waals surface area contributed by atoms with Gasteiger partial charge in [0.05, 0.1) is 11.2 Å². The summed E-state index contributed by atoms with van der Waals surface area (Å²) in [6, 6.07) is 6.10. The van der Waals surface area contributed by atoms with Crippen LogP contribution in [0.3, 0.4) is 0 Å². The highest BCUT2D eigenvalue weighted by molar-refractivity contribution is 5.91. The Morgan fingerprint density at radius 2 is 1.90 bits per heavy atom. The molecule has 6 nitrogen and oxygen atoms in total. The van der Waals surface area contributed by atoms with E-state index in [4.69, 9.17) is 0 Å². The maximum absolute atomic E-state index is 14.4. The molecule has 158 valence electrons. The Morgan fingerprint density at radius 1 is 1.13 bits per heavy atom. The second-order valence-electron chi connectivity index (χ2n) is 7.73. The maximum Gasteiger partial charge on any atom is 0.319 e. The molecule has 3 rings (SSSR count). The Kier molecular flexibility index (Phi) is 6.14. The Bertz CT molecular complexity index is 1080. The standard InChI is InChI=1S/C22H25F2N5O/c1-13-7-17(23)19(29-21(30)26-6-5-22(2,3)24)9-16(13)14-8-15-12-28-20(25-4)10-18(15)27-11-14/h7-12H,5-6H2,1-4H3,(H,25,28)(H2,26,29,30). The van der Waals surface area contributed by atoms with Crippen LogP contribution in [0, 0.1) is 12.7 Å². The molecule has 0 radical (unpaired) electrons. The number of carbonyl (C=O) groups excluding carboxylic acids is 1. The molecule has 0 unspecified atom stereocenters. The molecular formula is C22H25F2N5O. The van der Waals surface area contributed by atoms with Gasteiger partial charge in [-0.2, -0.15) is 0 Å². The van der Waals surface area contributed by atoms with Gasteiger partial charge in [0.2, 0.25) is 0 Å². The monoisotopic (exact) mass is 413 g/mol. The van der Waals surface area contributed by atoms with Gasteiger partial charge >= 0.3 is 6.03 Å². The highest BCUT2D eigenvalue weighted by Gasteiger charge is 2.16. The molecule has 0 atom stereocenters. The summed E-state index contributed by atoms with van der Waals surface area (Å²) in [6.07, 6.45) is 3.58. The van der Waals surface area contributed by atoms with E-state index in [1.807, 2.05) is 12.1 Å². The fourth-order valence-electron chi connectivity index (χ4n) is 3.03. The summed E-state index contributed by atoms with van der Waals surface area (Å²) in [6.45, 7) is 4.81. The minimum Gasteiger partial charge on any atom is -0.373 e. The van der Waals surface area contributed by atoms with E-state index in [9.17, 15) is 13.6 Å². The van der Waals surface area contributed by atoms with Crippen molar-refractivity contribution in [3.05, 3.63) is 48.0 Å². The number of fused-ring (bicyclic) bond motifs is 1. The number of hydrogen-bond donors (Lipinski definition) is 3. The molecule has 0 fully saturated rings. The van der Waals surface area contributed by atoms with E-state index in [1.54, 1.807) is 32.4 Å². The third-order valence-corrected chi connectivity index (χ3v) is 4.70. The molecule has 8 heteroatoms. The minimum absolute atomic E-state index is 0.0383. The smallest absolute Gasteiger partial charge is 0.319 e. The van der Waals surface area contributed by atoms with Crippen LogP contribution in [0.1, 0.15) is 25.8 Å². The molecule has 1 aromatic carbocycles. The molecule has 0 spiro atoms. The average molecular weight is 413 g/mol. The number of nitrogens with zero attached hydrogens (tertiary/aromatic N) is 2. The molecule has 2 aromatic heterocycles. The highest BCUT2D eigenvalue weighted by atomic mass is 19.1. The molecule has 0 aliphatic rings. The summed E-state index contributed by atoms with van der Waals surface area (Å²) in [5.41, 5.74) is 1.66. The first kappa shape index (κ1) is 21.4. The van der Waals surface area contributed by atoms with Crippen molar-refractivity contribution in [2.45, 2.75) is 32.9 Å². The third kappa shape index (κ3) is 5.20. The second kappa shape index (κ2) is 8.61. The van der Waals surface area contributed by atoms with Crippen molar-refractivity contribution < 1.29 is 13.6 Å². The number of pyridine rings is 2. The Balaban J connectivity index is 1.84. The van der Waals surface area contributed by atoms with Gasteiger partial charge in [-0.05, 0) is 56.5 Å². The summed E-state index contributed by atoms with van der Waals surface area (Å²) < 4.78 is 27.9. The van der Waals surface area contributed by atoms with Crippen LogP contribution >= 0.6 is 0 Å². The predicted molar refractivity (Wildman–Crippen MR) is 116 cm³/mol. The summed E-state index contributed by atoms with van der Waals surface area (Å²) in [5, 5.41) is 8.85. The number of rotatable bonds is 6. The molecule has 3 aromatic rings. The number of alkyl halides is 1. The van der Waals surface area contributed by atoms with E-state index >= 15 is 0 Å². The number of aryl methyl sites for hydroxylation is 1. The number of benzene rings is 1.